The maximum Gasteiger partial charge on any atom is 0.310 e. The fraction of sp³-hybridized carbons (Fsp3) is 0.438. The summed E-state index contributed by atoms with van der Waals surface area (Å²) in [4.78, 5) is 15.3. The van der Waals surface area contributed by atoms with E-state index in [1.807, 2.05) is 33.8 Å². The molecule has 1 N–H and O–H groups in total. The van der Waals surface area contributed by atoms with Crippen LogP contribution in [0.15, 0.2) is 12.1 Å². The van der Waals surface area contributed by atoms with Crippen LogP contribution in [0.25, 0.3) is 10.9 Å². The predicted octanol–water partition coefficient (Wildman–Crippen LogP) is 4.02. The number of hydrogen-bond donors (Lipinski definition) is 1. The van der Waals surface area contributed by atoms with Gasteiger partial charge in [0.2, 0.25) is 0 Å². The van der Waals surface area contributed by atoms with Crippen molar-refractivity contribution in [3.63, 3.8) is 0 Å². The Bertz CT molecular complexity index is 683. The van der Waals surface area contributed by atoms with Crippen molar-refractivity contribution in [2.75, 3.05) is 7.11 Å². The van der Waals surface area contributed by atoms with Gasteiger partial charge in [-0.3, -0.25) is 4.79 Å². The van der Waals surface area contributed by atoms with Crippen LogP contribution in [0.2, 0.25) is 5.02 Å². The SMILES string of the molecule is COc1ccc2[nH]c(C)c(CC(=O)OC(C)(C)C)c2c1Cl. The highest BCUT2D eigenvalue weighted by atomic mass is 35.5. The summed E-state index contributed by atoms with van der Waals surface area (Å²) in [7, 11) is 1.57. The molecule has 0 amide bonds. The highest BCUT2D eigenvalue weighted by molar-refractivity contribution is 6.37. The minimum absolute atomic E-state index is 0.177. The first-order valence-electron chi connectivity index (χ1n) is 6.78. The van der Waals surface area contributed by atoms with E-state index in [0.717, 1.165) is 22.2 Å². The van der Waals surface area contributed by atoms with Crippen LogP contribution in [0, 0.1) is 6.92 Å². The molecule has 0 aliphatic carbocycles. The standard InChI is InChI=1S/C16H20ClNO3/c1-9-10(8-13(19)21-16(2,3)4)14-11(18-9)6-7-12(20-5)15(14)17/h6-7,18H,8H2,1-5H3. The third-order valence-electron chi connectivity index (χ3n) is 3.14. The summed E-state index contributed by atoms with van der Waals surface area (Å²) in [5.41, 5.74) is 2.14. The van der Waals surface area contributed by atoms with Crippen molar-refractivity contribution in [2.24, 2.45) is 0 Å². The van der Waals surface area contributed by atoms with Gasteiger partial charge in [0.1, 0.15) is 11.4 Å². The number of aromatic nitrogens is 1. The summed E-state index contributed by atoms with van der Waals surface area (Å²) < 4.78 is 10.6. The molecule has 0 fully saturated rings. The highest BCUT2D eigenvalue weighted by Gasteiger charge is 2.21. The van der Waals surface area contributed by atoms with Crippen molar-refractivity contribution in [3.8, 4) is 5.75 Å². The van der Waals surface area contributed by atoms with Crippen LogP contribution in [0.4, 0.5) is 0 Å². The molecule has 2 aromatic rings. The van der Waals surface area contributed by atoms with Crippen LogP contribution in [0.3, 0.4) is 0 Å². The van der Waals surface area contributed by atoms with Gasteiger partial charge in [0.15, 0.2) is 0 Å². The molecular formula is C16H20ClNO3. The molecule has 1 aromatic carbocycles. The van der Waals surface area contributed by atoms with E-state index in [0.29, 0.717) is 10.8 Å². The van der Waals surface area contributed by atoms with Crippen LogP contribution < -0.4 is 4.74 Å². The molecule has 1 aromatic heterocycles. The third kappa shape index (κ3) is 3.32. The van der Waals surface area contributed by atoms with Gasteiger partial charge in [0, 0.05) is 16.6 Å². The number of benzene rings is 1. The number of fused-ring (bicyclic) bond motifs is 1. The molecule has 0 spiro atoms. The molecule has 0 bridgehead atoms. The summed E-state index contributed by atoms with van der Waals surface area (Å²) in [5.74, 6) is 0.319. The van der Waals surface area contributed by atoms with Gasteiger partial charge < -0.3 is 14.5 Å². The average molecular weight is 310 g/mol. The number of hydrogen-bond acceptors (Lipinski definition) is 3. The zero-order valence-electron chi connectivity index (χ0n) is 13.0. The van der Waals surface area contributed by atoms with Gasteiger partial charge in [-0.2, -0.15) is 0 Å². The Morgan fingerprint density at radius 3 is 2.57 bits per heavy atom. The first-order chi connectivity index (χ1) is 9.73. The molecule has 114 valence electrons. The Kier molecular flexibility index (Phi) is 4.19. The molecule has 0 atom stereocenters. The first-order valence-corrected chi connectivity index (χ1v) is 7.16. The maximum atomic E-state index is 12.1. The fourth-order valence-corrected chi connectivity index (χ4v) is 2.68. The largest absolute Gasteiger partial charge is 0.495 e. The Morgan fingerprint density at radius 1 is 1.33 bits per heavy atom. The number of rotatable bonds is 3. The Morgan fingerprint density at radius 2 is 2.00 bits per heavy atom. The number of H-pyrrole nitrogens is 1. The minimum atomic E-state index is -0.501. The molecule has 0 aliphatic rings. The van der Waals surface area contributed by atoms with Crippen molar-refractivity contribution in [1.29, 1.82) is 0 Å². The second-order valence-corrected chi connectivity index (χ2v) is 6.37. The van der Waals surface area contributed by atoms with E-state index in [-0.39, 0.29) is 12.4 Å². The van der Waals surface area contributed by atoms with Gasteiger partial charge in [-0.25, -0.2) is 0 Å². The van der Waals surface area contributed by atoms with Crippen LogP contribution in [0.5, 0.6) is 5.75 Å². The lowest BCUT2D eigenvalue weighted by atomic mass is 10.1. The molecule has 0 radical (unpaired) electrons. The molecule has 2 rings (SSSR count). The van der Waals surface area contributed by atoms with Crippen LogP contribution >= 0.6 is 11.6 Å². The number of esters is 1. The summed E-state index contributed by atoms with van der Waals surface area (Å²) >= 11 is 6.38. The zero-order chi connectivity index (χ0) is 15.8. The molecule has 0 aliphatic heterocycles. The quantitative estimate of drug-likeness (QED) is 0.871. The average Bonchev–Trinajstić information content (AvgIpc) is 2.65. The molecule has 1 heterocycles. The smallest absolute Gasteiger partial charge is 0.310 e. The molecule has 5 heteroatoms. The number of carbonyl (C=O) groups is 1. The van der Waals surface area contributed by atoms with Gasteiger partial charge >= 0.3 is 5.97 Å². The minimum Gasteiger partial charge on any atom is -0.495 e. The zero-order valence-corrected chi connectivity index (χ0v) is 13.7. The molecular weight excluding hydrogens is 290 g/mol. The lowest BCUT2D eigenvalue weighted by molar-refractivity contribution is -0.153. The lowest BCUT2D eigenvalue weighted by Crippen LogP contribution is -2.25. The normalized spacial score (nSPS) is 11.7. The molecule has 21 heavy (non-hydrogen) atoms. The van der Waals surface area contributed by atoms with E-state index in [4.69, 9.17) is 21.1 Å². The fourth-order valence-electron chi connectivity index (χ4n) is 2.32. The Balaban J connectivity index is 2.44. The lowest BCUT2D eigenvalue weighted by Gasteiger charge is -2.19. The van der Waals surface area contributed by atoms with E-state index < -0.39 is 5.60 Å². The van der Waals surface area contributed by atoms with Gasteiger partial charge in [-0.1, -0.05) is 11.6 Å². The Hall–Kier alpha value is -1.68. The Labute approximate surface area is 129 Å². The van der Waals surface area contributed by atoms with Crippen LogP contribution in [0.1, 0.15) is 32.0 Å². The van der Waals surface area contributed by atoms with Crippen molar-refractivity contribution in [2.45, 2.75) is 39.7 Å². The number of ether oxygens (including phenoxy) is 2. The molecule has 4 nitrogen and oxygen atoms in total. The van der Waals surface area contributed by atoms with E-state index >= 15 is 0 Å². The maximum absolute atomic E-state index is 12.1. The molecule has 0 unspecified atom stereocenters. The van der Waals surface area contributed by atoms with Gasteiger partial charge in [0.25, 0.3) is 0 Å². The monoisotopic (exact) mass is 309 g/mol. The highest BCUT2D eigenvalue weighted by Crippen LogP contribution is 2.36. The second-order valence-electron chi connectivity index (χ2n) is 6.00. The van der Waals surface area contributed by atoms with E-state index in [2.05, 4.69) is 4.98 Å². The summed E-state index contributed by atoms with van der Waals surface area (Å²) in [6.45, 7) is 7.47. The first kappa shape index (κ1) is 15.7. The van der Waals surface area contributed by atoms with E-state index in [9.17, 15) is 4.79 Å². The van der Waals surface area contributed by atoms with E-state index in [1.165, 1.54) is 0 Å². The van der Waals surface area contributed by atoms with Crippen LogP contribution in [-0.4, -0.2) is 23.7 Å². The second kappa shape index (κ2) is 5.60. The number of methoxy groups -OCH3 is 1. The van der Waals surface area contributed by atoms with Gasteiger partial charge in [-0.15, -0.1) is 0 Å². The third-order valence-corrected chi connectivity index (χ3v) is 3.52. The van der Waals surface area contributed by atoms with Crippen molar-refractivity contribution in [3.05, 3.63) is 28.4 Å². The van der Waals surface area contributed by atoms with Crippen molar-refractivity contribution in [1.82, 2.24) is 4.98 Å². The number of halogens is 1. The summed E-state index contributed by atoms with van der Waals surface area (Å²) in [5, 5.41) is 1.33. The topological polar surface area (TPSA) is 51.3 Å². The molecule has 0 saturated heterocycles. The van der Waals surface area contributed by atoms with Crippen molar-refractivity contribution >= 4 is 28.5 Å². The summed E-state index contributed by atoms with van der Waals surface area (Å²) in [6, 6.07) is 3.70. The summed E-state index contributed by atoms with van der Waals surface area (Å²) in [6.07, 6.45) is 0.177. The van der Waals surface area contributed by atoms with Crippen LogP contribution in [-0.2, 0) is 16.0 Å². The van der Waals surface area contributed by atoms with Crippen molar-refractivity contribution < 1.29 is 14.3 Å². The number of nitrogens with one attached hydrogen (secondary N) is 1. The van der Waals surface area contributed by atoms with Gasteiger partial charge in [-0.05, 0) is 45.4 Å². The molecule has 0 saturated carbocycles. The number of carbonyl (C=O) groups excluding carboxylic acids is 1. The number of aromatic amines is 1. The number of aryl methyl sites for hydroxylation is 1. The van der Waals surface area contributed by atoms with E-state index in [1.54, 1.807) is 13.2 Å². The van der Waals surface area contributed by atoms with Gasteiger partial charge in [0.05, 0.1) is 18.6 Å². The predicted molar refractivity (Wildman–Crippen MR) is 84.1 cm³/mol.